The fourth-order valence-corrected chi connectivity index (χ4v) is 1.81. The largest absolute Gasteiger partial charge is 0.296 e. The number of hydrogen-bond donors (Lipinski definition) is 0. The summed E-state index contributed by atoms with van der Waals surface area (Å²) in [5, 5.41) is -2.82. The Morgan fingerprint density at radius 2 is 2.11 bits per heavy atom. The average Bonchev–Trinajstić information content (AvgIpc) is 1.79. The van der Waals surface area contributed by atoms with Gasteiger partial charge in [0.25, 0.3) is 5.25 Å². The number of thioether (sulfide) groups is 1. The van der Waals surface area contributed by atoms with Gasteiger partial charge in [0.1, 0.15) is 0 Å². The summed E-state index contributed by atoms with van der Waals surface area (Å²) in [5.74, 6) is -0.495. The van der Waals surface area contributed by atoms with Crippen LogP contribution in [0.4, 0.5) is 13.2 Å². The van der Waals surface area contributed by atoms with Crippen LogP contribution in [-0.2, 0) is 0 Å². The van der Waals surface area contributed by atoms with Crippen molar-refractivity contribution in [3.63, 3.8) is 0 Å². The standard InChI is InChI=1S/C5H7F3S/c1-3-2-5(7,8)9-4(3)6/h3-4H,2H2,1H3. The van der Waals surface area contributed by atoms with Crippen molar-refractivity contribution in [1.29, 1.82) is 0 Å². The van der Waals surface area contributed by atoms with Gasteiger partial charge in [0.05, 0.1) is 0 Å². The van der Waals surface area contributed by atoms with E-state index in [1.807, 2.05) is 0 Å². The predicted molar refractivity (Wildman–Crippen MR) is 31.2 cm³/mol. The molecule has 0 saturated carbocycles. The third kappa shape index (κ3) is 1.53. The first-order chi connectivity index (χ1) is 4.01. The Bertz CT molecular complexity index is 103. The summed E-state index contributed by atoms with van der Waals surface area (Å²) in [6.07, 6.45) is -0.321. The Kier molecular flexibility index (Phi) is 1.67. The van der Waals surface area contributed by atoms with Crippen molar-refractivity contribution in [1.82, 2.24) is 0 Å². The van der Waals surface area contributed by atoms with Crippen LogP contribution >= 0.6 is 11.8 Å². The molecule has 0 aromatic rings. The second-order valence-electron chi connectivity index (χ2n) is 2.29. The van der Waals surface area contributed by atoms with Gasteiger partial charge in [0.2, 0.25) is 0 Å². The molecule has 1 saturated heterocycles. The molecule has 0 spiro atoms. The Labute approximate surface area is 55.8 Å². The summed E-state index contributed by atoms with van der Waals surface area (Å²) in [6, 6.07) is 0. The van der Waals surface area contributed by atoms with E-state index in [-0.39, 0.29) is 18.2 Å². The van der Waals surface area contributed by atoms with Crippen LogP contribution in [0.2, 0.25) is 0 Å². The van der Waals surface area contributed by atoms with E-state index >= 15 is 0 Å². The van der Waals surface area contributed by atoms with Crippen molar-refractivity contribution in [3.05, 3.63) is 0 Å². The summed E-state index contributed by atoms with van der Waals surface area (Å²) < 4.78 is 36.6. The third-order valence-electron chi connectivity index (χ3n) is 1.29. The molecule has 1 rings (SSSR count). The molecule has 0 amide bonds. The Hall–Kier alpha value is 0.140. The van der Waals surface area contributed by atoms with Gasteiger partial charge < -0.3 is 0 Å². The zero-order valence-electron chi connectivity index (χ0n) is 4.90. The van der Waals surface area contributed by atoms with Crippen LogP contribution < -0.4 is 0 Å². The molecule has 1 heterocycles. The fourth-order valence-electron chi connectivity index (χ4n) is 0.796. The quantitative estimate of drug-likeness (QED) is 0.519. The van der Waals surface area contributed by atoms with E-state index in [4.69, 9.17) is 0 Å². The van der Waals surface area contributed by atoms with Gasteiger partial charge in [-0.05, 0) is 0 Å². The smallest absolute Gasteiger partial charge is 0.235 e. The van der Waals surface area contributed by atoms with E-state index in [1.165, 1.54) is 6.92 Å². The van der Waals surface area contributed by atoms with Gasteiger partial charge in [0, 0.05) is 12.3 Å². The highest BCUT2D eigenvalue weighted by atomic mass is 32.2. The van der Waals surface area contributed by atoms with E-state index < -0.39 is 16.7 Å². The van der Waals surface area contributed by atoms with Gasteiger partial charge in [-0.25, -0.2) is 4.39 Å². The van der Waals surface area contributed by atoms with Crippen LogP contribution in [0.1, 0.15) is 13.3 Å². The molecular weight excluding hydrogens is 149 g/mol. The van der Waals surface area contributed by atoms with Crippen molar-refractivity contribution in [2.75, 3.05) is 0 Å². The molecule has 2 unspecified atom stereocenters. The second kappa shape index (κ2) is 2.08. The van der Waals surface area contributed by atoms with Crippen LogP contribution in [0.3, 0.4) is 0 Å². The summed E-state index contributed by atoms with van der Waals surface area (Å²) in [7, 11) is 0. The first-order valence-corrected chi connectivity index (χ1v) is 3.59. The van der Waals surface area contributed by atoms with Gasteiger partial charge in [-0.1, -0.05) is 18.7 Å². The van der Waals surface area contributed by atoms with Crippen LogP contribution in [0, 0.1) is 5.92 Å². The lowest BCUT2D eigenvalue weighted by atomic mass is 10.1. The minimum absolute atomic E-state index is 0.131. The zero-order chi connectivity index (χ0) is 7.07. The maximum Gasteiger partial charge on any atom is 0.296 e. The molecule has 0 radical (unpaired) electrons. The maximum absolute atomic E-state index is 12.3. The second-order valence-corrected chi connectivity index (χ2v) is 3.57. The van der Waals surface area contributed by atoms with E-state index in [0.717, 1.165) is 0 Å². The normalized spacial score (nSPS) is 41.3. The molecule has 0 nitrogen and oxygen atoms in total. The molecule has 0 aromatic carbocycles. The van der Waals surface area contributed by atoms with Crippen molar-refractivity contribution in [2.45, 2.75) is 24.1 Å². The Balaban J connectivity index is 2.54. The van der Waals surface area contributed by atoms with Crippen molar-refractivity contribution >= 4 is 11.8 Å². The molecule has 4 heteroatoms. The first kappa shape index (κ1) is 7.25. The summed E-state index contributed by atoms with van der Waals surface area (Å²) >= 11 is 0.131. The van der Waals surface area contributed by atoms with Crippen molar-refractivity contribution < 1.29 is 13.2 Å². The third-order valence-corrected chi connectivity index (χ3v) is 2.49. The van der Waals surface area contributed by atoms with E-state index in [0.29, 0.717) is 0 Å². The molecule has 9 heavy (non-hydrogen) atoms. The monoisotopic (exact) mass is 156 g/mol. The number of alkyl halides is 3. The van der Waals surface area contributed by atoms with Crippen LogP contribution in [0.15, 0.2) is 0 Å². The van der Waals surface area contributed by atoms with Crippen LogP contribution in [0.5, 0.6) is 0 Å². The number of rotatable bonds is 0. The molecule has 1 aliphatic rings. The summed E-state index contributed by atoms with van der Waals surface area (Å²) in [6.45, 7) is 1.50. The highest BCUT2D eigenvalue weighted by Gasteiger charge is 2.45. The van der Waals surface area contributed by atoms with Crippen molar-refractivity contribution in [2.24, 2.45) is 5.92 Å². The lowest BCUT2D eigenvalue weighted by Crippen LogP contribution is -2.04. The zero-order valence-corrected chi connectivity index (χ0v) is 5.72. The molecule has 0 bridgehead atoms. The summed E-state index contributed by atoms with van der Waals surface area (Å²) in [5.41, 5.74) is -1.38. The lowest BCUT2D eigenvalue weighted by molar-refractivity contribution is 0.0891. The SMILES string of the molecule is CC1CC(F)(F)SC1F. The minimum Gasteiger partial charge on any atom is -0.235 e. The number of halogens is 3. The Morgan fingerprint density at radius 3 is 2.22 bits per heavy atom. The highest BCUT2D eigenvalue weighted by molar-refractivity contribution is 8.01. The van der Waals surface area contributed by atoms with Gasteiger partial charge in [-0.2, -0.15) is 8.78 Å². The minimum atomic E-state index is -2.82. The van der Waals surface area contributed by atoms with Gasteiger partial charge in [0.15, 0.2) is 5.50 Å². The molecule has 54 valence electrons. The van der Waals surface area contributed by atoms with E-state index in [2.05, 4.69) is 0 Å². The first-order valence-electron chi connectivity index (χ1n) is 2.71. The average molecular weight is 156 g/mol. The number of hydrogen-bond acceptors (Lipinski definition) is 1. The molecule has 0 aliphatic carbocycles. The highest BCUT2D eigenvalue weighted by Crippen LogP contribution is 2.49. The molecule has 0 aromatic heterocycles. The lowest BCUT2D eigenvalue weighted by Gasteiger charge is -2.02. The van der Waals surface area contributed by atoms with Gasteiger partial charge in [-0.3, -0.25) is 0 Å². The molecular formula is C5H7F3S. The molecule has 0 N–H and O–H groups in total. The van der Waals surface area contributed by atoms with Crippen LogP contribution in [-0.4, -0.2) is 10.8 Å². The summed E-state index contributed by atoms with van der Waals surface area (Å²) in [4.78, 5) is 0. The fraction of sp³-hybridized carbons (Fsp3) is 1.00. The van der Waals surface area contributed by atoms with Gasteiger partial charge >= 0.3 is 0 Å². The van der Waals surface area contributed by atoms with Crippen LogP contribution in [0.25, 0.3) is 0 Å². The van der Waals surface area contributed by atoms with Gasteiger partial charge in [-0.15, -0.1) is 0 Å². The topological polar surface area (TPSA) is 0 Å². The van der Waals surface area contributed by atoms with E-state index in [1.54, 1.807) is 0 Å². The molecule has 1 fully saturated rings. The van der Waals surface area contributed by atoms with E-state index in [9.17, 15) is 13.2 Å². The predicted octanol–water partition coefficient (Wildman–Crippen LogP) is 2.65. The Morgan fingerprint density at radius 1 is 1.56 bits per heavy atom. The molecule has 1 aliphatic heterocycles. The van der Waals surface area contributed by atoms with Crippen molar-refractivity contribution in [3.8, 4) is 0 Å². The maximum atomic E-state index is 12.3. The molecule has 2 atom stereocenters.